The molecule has 0 unspecified atom stereocenters. The Kier molecular flexibility index (Phi) is 12.0. The number of sulfonamides is 1. The van der Waals surface area contributed by atoms with E-state index in [0.717, 1.165) is 30.9 Å². The number of rotatable bonds is 11. The van der Waals surface area contributed by atoms with Crippen LogP contribution < -0.4 is 25.2 Å². The van der Waals surface area contributed by atoms with E-state index < -0.39 is 22.3 Å². The average molecular weight is 720 g/mol. The molecule has 0 atom stereocenters. The van der Waals surface area contributed by atoms with Crippen molar-refractivity contribution in [1.82, 2.24) is 19.5 Å². The lowest BCUT2D eigenvalue weighted by Gasteiger charge is -2.22. The number of hydrogen-bond acceptors (Lipinski definition) is 9. The third-order valence-electron chi connectivity index (χ3n) is 7.32. The predicted molar refractivity (Wildman–Crippen MR) is 174 cm³/mol. The quantitative estimate of drug-likeness (QED) is 0.178. The number of nitrogens with one attached hydrogen (secondary N) is 2. The van der Waals surface area contributed by atoms with E-state index in [-0.39, 0.29) is 43.1 Å². The summed E-state index contributed by atoms with van der Waals surface area (Å²) < 4.78 is 67.1. The number of halogens is 4. The Morgan fingerprint density at radius 3 is 2.17 bits per heavy atom. The third kappa shape index (κ3) is 8.61. The van der Waals surface area contributed by atoms with Gasteiger partial charge in [0.1, 0.15) is 22.9 Å². The molecule has 0 radical (unpaired) electrons. The highest BCUT2D eigenvalue weighted by atomic mass is 35.5. The molecule has 0 aliphatic carbocycles. The second-order valence-corrected chi connectivity index (χ2v) is 12.9. The number of amides is 1. The van der Waals surface area contributed by atoms with Crippen LogP contribution in [0.1, 0.15) is 62.0 Å². The minimum absolute atomic E-state index is 0.0257. The van der Waals surface area contributed by atoms with Gasteiger partial charge in [0.25, 0.3) is 5.91 Å². The predicted octanol–water partition coefficient (Wildman–Crippen LogP) is 6.44. The molecule has 2 N–H and O–H groups in total. The fourth-order valence-electron chi connectivity index (χ4n) is 4.32. The summed E-state index contributed by atoms with van der Waals surface area (Å²) in [6.07, 6.45) is 2.77. The lowest BCUT2D eigenvalue weighted by molar-refractivity contribution is 0.0640. The molecular weight excluding hydrogens is 685 g/mol. The van der Waals surface area contributed by atoms with Gasteiger partial charge in [-0.2, -0.15) is 13.5 Å². The summed E-state index contributed by atoms with van der Waals surface area (Å²) in [5.41, 5.74) is -0.204. The molecule has 2 heterocycles. The Morgan fingerprint density at radius 2 is 1.68 bits per heavy atom. The highest BCUT2D eigenvalue weighted by Crippen LogP contribution is 2.34. The van der Waals surface area contributed by atoms with Crippen molar-refractivity contribution < 1.29 is 36.0 Å². The first-order chi connectivity index (χ1) is 22.0. The van der Waals surface area contributed by atoms with Crippen LogP contribution in [0.15, 0.2) is 45.7 Å². The topological polar surface area (TPSA) is 160 Å². The summed E-state index contributed by atoms with van der Waals surface area (Å²) in [7, 11) is -0.637. The zero-order chi connectivity index (χ0) is 35.3. The van der Waals surface area contributed by atoms with Crippen molar-refractivity contribution in [2.24, 2.45) is 0 Å². The van der Waals surface area contributed by atoms with Gasteiger partial charge in [-0.15, -0.1) is 5.10 Å². The molecule has 0 aliphatic heterocycles. The van der Waals surface area contributed by atoms with E-state index in [1.54, 1.807) is 24.3 Å². The number of aryl methyl sites for hydroxylation is 1. The smallest absolute Gasteiger partial charge is 0.355 e. The van der Waals surface area contributed by atoms with Gasteiger partial charge in [0.15, 0.2) is 0 Å². The molecule has 13 nitrogen and oxygen atoms in total. The van der Waals surface area contributed by atoms with Gasteiger partial charge in [-0.25, -0.2) is 17.8 Å². The molecular formula is C29H34Cl2F2N6O7S. The molecule has 0 saturated carbocycles. The molecule has 18 heteroatoms. The number of anilines is 2. The van der Waals surface area contributed by atoms with Crippen LogP contribution in [0.5, 0.6) is 11.5 Å². The van der Waals surface area contributed by atoms with Crippen LogP contribution in [0.4, 0.5) is 20.4 Å². The molecule has 4 aromatic rings. The summed E-state index contributed by atoms with van der Waals surface area (Å²) in [6, 6.07) is 9.25. The summed E-state index contributed by atoms with van der Waals surface area (Å²) in [6.45, 7) is 4.49. The van der Waals surface area contributed by atoms with Crippen LogP contribution in [-0.2, 0) is 15.4 Å². The van der Waals surface area contributed by atoms with Crippen LogP contribution in [0.3, 0.4) is 0 Å². The zero-order valence-electron chi connectivity index (χ0n) is 26.5. The van der Waals surface area contributed by atoms with Crippen LogP contribution in [0, 0.1) is 6.92 Å². The van der Waals surface area contributed by atoms with Crippen molar-refractivity contribution in [1.29, 1.82) is 0 Å². The third-order valence-corrected chi connectivity index (χ3v) is 8.52. The first kappa shape index (κ1) is 37.3. The number of carbonyl (C=O) groups is 1. The summed E-state index contributed by atoms with van der Waals surface area (Å²) in [5.74, 6) is 0.559. The average Bonchev–Trinajstić information content (AvgIpc) is 3.60. The van der Waals surface area contributed by atoms with E-state index >= 15 is 0 Å². The second kappa shape index (κ2) is 15.2. The minimum atomic E-state index is -3.65. The Labute approximate surface area is 279 Å². The number of alkyl halides is 2. The number of ether oxygens (including phenoxy) is 2. The first-order valence-corrected chi connectivity index (χ1v) is 16.6. The molecule has 0 saturated heterocycles. The number of methoxy groups -OCH3 is 2. The minimum Gasteiger partial charge on any atom is -0.496 e. The van der Waals surface area contributed by atoms with Crippen molar-refractivity contribution in [3.8, 4) is 17.2 Å². The van der Waals surface area contributed by atoms with E-state index in [1.807, 2.05) is 0 Å². The van der Waals surface area contributed by atoms with E-state index in [2.05, 4.69) is 41.1 Å². The fraction of sp³-hybridized carbons (Fsp3) is 0.379. The largest absolute Gasteiger partial charge is 0.496 e. The molecule has 256 valence electrons. The molecule has 1 amide bonds. The fourth-order valence-corrected chi connectivity index (χ4v) is 5.45. The second-order valence-electron chi connectivity index (χ2n) is 10.4. The number of nitrogens with zero attached hydrogens (tertiary/aromatic N) is 4. The van der Waals surface area contributed by atoms with Crippen LogP contribution in [0.2, 0.25) is 10.0 Å². The number of benzene rings is 2. The monoisotopic (exact) mass is 718 g/mol. The molecule has 0 spiro atoms. The van der Waals surface area contributed by atoms with E-state index in [1.165, 1.54) is 27.2 Å². The first-order valence-electron chi connectivity index (χ1n) is 13.9. The highest BCUT2D eigenvalue weighted by Gasteiger charge is 2.28. The Bertz CT molecular complexity index is 1880. The Morgan fingerprint density at radius 1 is 1.09 bits per heavy atom. The molecule has 0 fully saturated rings. The van der Waals surface area contributed by atoms with Crippen LogP contribution in [0.25, 0.3) is 5.69 Å². The van der Waals surface area contributed by atoms with Gasteiger partial charge >= 0.3 is 12.2 Å². The van der Waals surface area contributed by atoms with Gasteiger partial charge in [-0.3, -0.25) is 14.8 Å². The van der Waals surface area contributed by atoms with Crippen molar-refractivity contribution >= 4 is 50.7 Å². The maximum Gasteiger partial charge on any atom is 0.355 e. The molecule has 0 bridgehead atoms. The maximum absolute atomic E-state index is 12.8. The van der Waals surface area contributed by atoms with E-state index in [4.69, 9.17) is 37.2 Å². The van der Waals surface area contributed by atoms with Gasteiger partial charge in [0.2, 0.25) is 15.9 Å². The van der Waals surface area contributed by atoms with Gasteiger partial charge in [-0.1, -0.05) is 55.2 Å². The summed E-state index contributed by atoms with van der Waals surface area (Å²) >= 11 is 11.8. The van der Waals surface area contributed by atoms with Crippen molar-refractivity contribution in [3.63, 3.8) is 0 Å². The Balaban J connectivity index is 0.000000256. The van der Waals surface area contributed by atoms with Crippen LogP contribution in [-0.4, -0.2) is 54.3 Å². The van der Waals surface area contributed by atoms with E-state index in [9.17, 15) is 26.8 Å². The van der Waals surface area contributed by atoms with Gasteiger partial charge < -0.3 is 14.0 Å². The molecule has 2 aromatic carbocycles. The number of carbonyl (C=O) groups excluding carboxylic acids is 1. The lowest BCUT2D eigenvalue weighted by Crippen LogP contribution is -2.25. The number of aromatic nitrogens is 4. The van der Waals surface area contributed by atoms with E-state index in [0.29, 0.717) is 27.6 Å². The standard InChI is InChI=1S/C18H24N2O4.C11H10Cl2F2N4O3S/c1-6-18(3,7-2)14-11-15(24-20-14)19-17(21)16-12(22-4)9-8-10-13(16)23-5;1-5-16-19(11(20)18(5)10(14)15)9-4-8(17-23(2,21)22)6(12)3-7(9)13/h8-11H,6-7H2,1-5H3,(H,19,21);3-4,10,17H,1-2H3. The molecule has 2 aromatic heterocycles. The van der Waals surface area contributed by atoms with Gasteiger partial charge in [0, 0.05) is 11.5 Å². The van der Waals surface area contributed by atoms with Gasteiger partial charge in [-0.05, 0) is 44.0 Å². The zero-order valence-corrected chi connectivity index (χ0v) is 28.9. The summed E-state index contributed by atoms with van der Waals surface area (Å²) in [4.78, 5) is 24.6. The maximum atomic E-state index is 12.8. The summed E-state index contributed by atoms with van der Waals surface area (Å²) in [5, 5.41) is 10.5. The van der Waals surface area contributed by atoms with Gasteiger partial charge in [0.05, 0.1) is 47.6 Å². The normalized spacial score (nSPS) is 11.6. The molecule has 4 rings (SSSR count). The highest BCUT2D eigenvalue weighted by molar-refractivity contribution is 7.92. The molecule has 0 aliphatic rings. The number of hydrogen-bond donors (Lipinski definition) is 2. The van der Waals surface area contributed by atoms with Crippen LogP contribution >= 0.6 is 23.2 Å². The van der Waals surface area contributed by atoms with Crippen molar-refractivity contribution in [3.05, 3.63) is 74.0 Å². The van der Waals surface area contributed by atoms with Crippen molar-refractivity contribution in [2.45, 2.75) is 52.5 Å². The lowest BCUT2D eigenvalue weighted by atomic mass is 9.81. The Hall–Kier alpha value is -4.15. The van der Waals surface area contributed by atoms with Crippen molar-refractivity contribution in [2.75, 3.05) is 30.5 Å². The SMILES string of the molecule is CCC(C)(CC)c1cc(NC(=O)c2c(OC)cccc2OC)on1.Cc1nn(-c2cc(NS(C)(=O)=O)c(Cl)cc2Cl)c(=O)n1C(F)F. The molecule has 47 heavy (non-hydrogen) atoms.